The van der Waals surface area contributed by atoms with Gasteiger partial charge < -0.3 is 10.2 Å². The summed E-state index contributed by atoms with van der Waals surface area (Å²) in [5, 5.41) is 7.96. The number of amides is 1. The van der Waals surface area contributed by atoms with Crippen LogP contribution in [0.15, 0.2) is 36.5 Å². The van der Waals surface area contributed by atoms with E-state index in [0.717, 1.165) is 16.8 Å². The normalized spacial score (nSPS) is 12.2. The van der Waals surface area contributed by atoms with Crippen LogP contribution < -0.4 is 5.32 Å². The monoisotopic (exact) mass is 300 g/mol. The Morgan fingerprint density at radius 2 is 2.00 bits per heavy atom. The van der Waals surface area contributed by atoms with Gasteiger partial charge in [0.15, 0.2) is 0 Å². The third kappa shape index (κ3) is 4.18. The second-order valence-electron chi connectivity index (χ2n) is 5.82. The van der Waals surface area contributed by atoms with Crippen LogP contribution in [0.25, 0.3) is 11.3 Å². The fourth-order valence-electron chi connectivity index (χ4n) is 2.31. The van der Waals surface area contributed by atoms with E-state index in [-0.39, 0.29) is 11.9 Å². The molecule has 1 heterocycles. The van der Waals surface area contributed by atoms with Crippen molar-refractivity contribution in [3.63, 3.8) is 0 Å². The molecule has 0 spiro atoms. The second-order valence-corrected chi connectivity index (χ2v) is 5.82. The molecule has 2 aromatic rings. The quantitative estimate of drug-likeness (QED) is 0.888. The van der Waals surface area contributed by atoms with Crippen molar-refractivity contribution in [3.8, 4) is 11.3 Å². The number of nitrogens with one attached hydrogen (secondary N) is 1. The SMILES string of the molecule is C[C@@H](CC(=O)N(C)C)NCc1cn(C)nc1-c1ccccc1. The molecule has 2 rings (SSSR count). The maximum absolute atomic E-state index is 11.7. The lowest BCUT2D eigenvalue weighted by Crippen LogP contribution is -2.33. The average molecular weight is 300 g/mol. The van der Waals surface area contributed by atoms with Gasteiger partial charge in [-0.1, -0.05) is 30.3 Å². The molecule has 22 heavy (non-hydrogen) atoms. The Bertz CT molecular complexity index is 619. The van der Waals surface area contributed by atoms with Crippen LogP contribution >= 0.6 is 0 Å². The van der Waals surface area contributed by atoms with Gasteiger partial charge in [0, 0.05) is 57.5 Å². The maximum Gasteiger partial charge on any atom is 0.223 e. The van der Waals surface area contributed by atoms with Gasteiger partial charge >= 0.3 is 0 Å². The van der Waals surface area contributed by atoms with E-state index in [1.165, 1.54) is 0 Å². The van der Waals surface area contributed by atoms with Gasteiger partial charge in [0.2, 0.25) is 5.91 Å². The maximum atomic E-state index is 11.7. The van der Waals surface area contributed by atoms with E-state index in [1.807, 2.05) is 43.0 Å². The smallest absolute Gasteiger partial charge is 0.223 e. The average Bonchev–Trinajstić information content (AvgIpc) is 2.87. The Hall–Kier alpha value is -2.14. The Morgan fingerprint density at radius 3 is 2.64 bits per heavy atom. The molecular formula is C17H24N4O. The summed E-state index contributed by atoms with van der Waals surface area (Å²) in [4.78, 5) is 13.3. The van der Waals surface area contributed by atoms with Crippen LogP contribution in [0.1, 0.15) is 18.9 Å². The summed E-state index contributed by atoms with van der Waals surface area (Å²) in [7, 11) is 5.49. The number of carbonyl (C=O) groups is 1. The molecule has 0 saturated carbocycles. The minimum Gasteiger partial charge on any atom is -0.349 e. The fraction of sp³-hybridized carbons (Fsp3) is 0.412. The lowest BCUT2D eigenvalue weighted by atomic mass is 10.1. The van der Waals surface area contributed by atoms with E-state index in [1.54, 1.807) is 19.0 Å². The number of rotatable bonds is 6. The zero-order valence-corrected chi connectivity index (χ0v) is 13.7. The molecule has 0 saturated heterocycles. The van der Waals surface area contributed by atoms with E-state index in [0.29, 0.717) is 13.0 Å². The van der Waals surface area contributed by atoms with Crippen molar-refractivity contribution in [1.82, 2.24) is 20.0 Å². The van der Waals surface area contributed by atoms with Crippen LogP contribution in [-0.4, -0.2) is 40.7 Å². The third-order valence-corrected chi connectivity index (χ3v) is 3.57. The molecule has 5 nitrogen and oxygen atoms in total. The molecule has 0 radical (unpaired) electrons. The van der Waals surface area contributed by atoms with E-state index < -0.39 is 0 Å². The summed E-state index contributed by atoms with van der Waals surface area (Å²) in [6, 6.07) is 10.3. The minimum atomic E-state index is 0.124. The van der Waals surface area contributed by atoms with E-state index >= 15 is 0 Å². The van der Waals surface area contributed by atoms with Crippen LogP contribution in [0.5, 0.6) is 0 Å². The summed E-state index contributed by atoms with van der Waals surface area (Å²) in [6.45, 7) is 2.72. The van der Waals surface area contributed by atoms with Crippen molar-refractivity contribution < 1.29 is 4.79 Å². The number of aromatic nitrogens is 2. The molecule has 0 aliphatic rings. The van der Waals surface area contributed by atoms with Crippen molar-refractivity contribution in [2.24, 2.45) is 7.05 Å². The lowest BCUT2D eigenvalue weighted by Gasteiger charge is -2.16. The topological polar surface area (TPSA) is 50.2 Å². The van der Waals surface area contributed by atoms with Crippen molar-refractivity contribution >= 4 is 5.91 Å². The second kappa shape index (κ2) is 7.22. The number of nitrogens with zero attached hydrogens (tertiary/aromatic N) is 3. The highest BCUT2D eigenvalue weighted by Gasteiger charge is 2.13. The molecule has 0 aliphatic carbocycles. The van der Waals surface area contributed by atoms with Crippen LogP contribution in [0, 0.1) is 0 Å². The van der Waals surface area contributed by atoms with Gasteiger partial charge in [0.25, 0.3) is 0 Å². The fourth-order valence-corrected chi connectivity index (χ4v) is 2.31. The van der Waals surface area contributed by atoms with Gasteiger partial charge in [0.1, 0.15) is 0 Å². The van der Waals surface area contributed by atoms with E-state index in [2.05, 4.69) is 22.5 Å². The van der Waals surface area contributed by atoms with Gasteiger partial charge in [-0.15, -0.1) is 0 Å². The molecular weight excluding hydrogens is 276 g/mol. The molecule has 1 amide bonds. The van der Waals surface area contributed by atoms with Crippen molar-refractivity contribution in [3.05, 3.63) is 42.1 Å². The molecule has 0 fully saturated rings. The summed E-state index contributed by atoms with van der Waals surface area (Å²) >= 11 is 0. The number of carbonyl (C=O) groups excluding carboxylic acids is 1. The van der Waals surface area contributed by atoms with Gasteiger partial charge in [-0.05, 0) is 6.92 Å². The minimum absolute atomic E-state index is 0.124. The summed E-state index contributed by atoms with van der Waals surface area (Å²) < 4.78 is 1.83. The van der Waals surface area contributed by atoms with Crippen LogP contribution in [0.4, 0.5) is 0 Å². The molecule has 5 heteroatoms. The molecule has 1 N–H and O–H groups in total. The molecule has 0 unspecified atom stereocenters. The highest BCUT2D eigenvalue weighted by Crippen LogP contribution is 2.21. The van der Waals surface area contributed by atoms with Gasteiger partial charge in [0.05, 0.1) is 5.69 Å². The first-order valence-corrected chi connectivity index (χ1v) is 7.49. The Morgan fingerprint density at radius 1 is 1.32 bits per heavy atom. The van der Waals surface area contributed by atoms with Crippen LogP contribution in [-0.2, 0) is 18.4 Å². The van der Waals surface area contributed by atoms with Crippen LogP contribution in [0.2, 0.25) is 0 Å². The Kier molecular flexibility index (Phi) is 5.33. The summed E-state index contributed by atoms with van der Waals surface area (Å²) in [6.07, 6.45) is 2.52. The molecule has 1 atom stereocenters. The highest BCUT2D eigenvalue weighted by molar-refractivity contribution is 5.76. The predicted octanol–water partition coefficient (Wildman–Crippen LogP) is 2.04. The molecule has 0 aliphatic heterocycles. The number of hydrogen-bond donors (Lipinski definition) is 1. The third-order valence-electron chi connectivity index (χ3n) is 3.57. The summed E-state index contributed by atoms with van der Waals surface area (Å²) in [5.74, 6) is 0.134. The first-order chi connectivity index (χ1) is 10.5. The van der Waals surface area contributed by atoms with Crippen molar-refractivity contribution in [2.75, 3.05) is 14.1 Å². The van der Waals surface area contributed by atoms with Gasteiger partial charge in [-0.3, -0.25) is 9.48 Å². The molecule has 1 aromatic carbocycles. The number of hydrogen-bond acceptors (Lipinski definition) is 3. The largest absolute Gasteiger partial charge is 0.349 e. The first-order valence-electron chi connectivity index (χ1n) is 7.49. The van der Waals surface area contributed by atoms with Gasteiger partial charge in [-0.2, -0.15) is 5.10 Å². The van der Waals surface area contributed by atoms with Gasteiger partial charge in [-0.25, -0.2) is 0 Å². The summed E-state index contributed by atoms with van der Waals surface area (Å²) in [5.41, 5.74) is 3.23. The highest BCUT2D eigenvalue weighted by atomic mass is 16.2. The van der Waals surface area contributed by atoms with E-state index in [4.69, 9.17) is 0 Å². The number of aryl methyl sites for hydroxylation is 1. The van der Waals surface area contributed by atoms with E-state index in [9.17, 15) is 4.79 Å². The standard InChI is InChI=1S/C17H24N4O/c1-13(10-16(22)20(2)3)18-11-15-12-21(4)19-17(15)14-8-6-5-7-9-14/h5-9,12-13,18H,10-11H2,1-4H3/t13-/m0/s1. The first kappa shape index (κ1) is 16.2. The molecule has 118 valence electrons. The van der Waals surface area contributed by atoms with Crippen molar-refractivity contribution in [2.45, 2.75) is 25.9 Å². The van der Waals surface area contributed by atoms with Crippen molar-refractivity contribution in [1.29, 1.82) is 0 Å². The molecule has 1 aromatic heterocycles. The predicted molar refractivity (Wildman–Crippen MR) is 88.3 cm³/mol. The zero-order valence-electron chi connectivity index (χ0n) is 13.7. The zero-order chi connectivity index (χ0) is 16.1. The Labute approximate surface area is 131 Å². The Balaban J connectivity index is 2.03. The lowest BCUT2D eigenvalue weighted by molar-refractivity contribution is -0.129. The molecule has 0 bridgehead atoms. The number of benzene rings is 1. The van der Waals surface area contributed by atoms with Crippen LogP contribution in [0.3, 0.4) is 0 Å².